The number of thiocarbonyl (C=S) groups is 1. The van der Waals surface area contributed by atoms with Crippen molar-refractivity contribution in [2.45, 2.75) is 6.92 Å². The van der Waals surface area contributed by atoms with Crippen LogP contribution in [-0.4, -0.2) is 21.9 Å². The Balaban J connectivity index is 2.53. The molecule has 0 aromatic heterocycles. The lowest BCUT2D eigenvalue weighted by molar-refractivity contribution is -0.115. The van der Waals surface area contributed by atoms with E-state index in [1.807, 2.05) is 6.92 Å². The number of ether oxygens (including phenoxy) is 1. The molecular weight excluding hydrogens is 430 g/mol. The number of carbonyl (C=O) groups is 1. The molecule has 1 aliphatic heterocycles. The smallest absolute Gasteiger partial charge is 0.263 e. The van der Waals surface area contributed by atoms with E-state index in [0.29, 0.717) is 31.6 Å². The van der Waals surface area contributed by atoms with Gasteiger partial charge >= 0.3 is 0 Å². The highest BCUT2D eigenvalue weighted by molar-refractivity contribution is 9.13. The molecule has 0 spiro atoms. The minimum atomic E-state index is -0.274. The Morgan fingerprint density at radius 1 is 1.55 bits per heavy atom. The van der Waals surface area contributed by atoms with E-state index in [1.54, 1.807) is 12.1 Å². The summed E-state index contributed by atoms with van der Waals surface area (Å²) >= 11 is 12.8. The van der Waals surface area contributed by atoms with Crippen LogP contribution in [0.1, 0.15) is 12.5 Å². The van der Waals surface area contributed by atoms with Crippen LogP contribution < -0.4 is 10.1 Å². The molecule has 1 saturated heterocycles. The van der Waals surface area contributed by atoms with Gasteiger partial charge in [0.15, 0.2) is 11.5 Å². The zero-order valence-corrected chi connectivity index (χ0v) is 15.0. The number of nitrogens with one attached hydrogen (secondary N) is 1. The van der Waals surface area contributed by atoms with Crippen LogP contribution in [0.2, 0.25) is 0 Å². The second-order valence-electron chi connectivity index (χ2n) is 3.72. The molecule has 1 heterocycles. The topological polar surface area (TPSA) is 58.6 Å². The van der Waals surface area contributed by atoms with Gasteiger partial charge in [-0.15, -0.1) is 0 Å². The van der Waals surface area contributed by atoms with Gasteiger partial charge in [0, 0.05) is 14.5 Å². The highest BCUT2D eigenvalue weighted by atomic mass is 79.9. The van der Waals surface area contributed by atoms with Crippen molar-refractivity contribution in [3.05, 3.63) is 25.5 Å². The normalized spacial score (nSPS) is 16.6. The molecule has 0 bridgehead atoms. The van der Waals surface area contributed by atoms with Crippen molar-refractivity contribution >= 4 is 72.1 Å². The number of hydrogen-bond donors (Lipinski definition) is 2. The number of carbonyl (C=O) groups excluding carboxylic acids is 1. The standard InChI is InChI=1S/C12H9Br2NO3S2/c1-2-18-7-4-6(13)9(14)5(10(7)16)3-8-11(17)15-12(19)20-8/h3-4,16H,2H2,1H3,(H,15,17,19). The number of thioether (sulfide) groups is 1. The third-order valence-corrected chi connectivity index (χ3v) is 5.58. The molecule has 1 aliphatic rings. The van der Waals surface area contributed by atoms with Gasteiger partial charge in [-0.25, -0.2) is 0 Å². The Morgan fingerprint density at radius 3 is 2.80 bits per heavy atom. The van der Waals surface area contributed by atoms with Gasteiger partial charge in [-0.05, 0) is 50.9 Å². The van der Waals surface area contributed by atoms with Crippen LogP contribution in [0.5, 0.6) is 11.5 Å². The van der Waals surface area contributed by atoms with Crippen molar-refractivity contribution in [2.75, 3.05) is 6.61 Å². The van der Waals surface area contributed by atoms with E-state index in [1.165, 1.54) is 0 Å². The van der Waals surface area contributed by atoms with Crippen molar-refractivity contribution in [1.29, 1.82) is 0 Å². The number of benzene rings is 1. The molecule has 0 aliphatic carbocycles. The molecule has 1 fully saturated rings. The van der Waals surface area contributed by atoms with Crippen molar-refractivity contribution in [2.24, 2.45) is 0 Å². The quantitative estimate of drug-likeness (QED) is 0.555. The first-order valence-electron chi connectivity index (χ1n) is 5.52. The number of halogens is 2. The Morgan fingerprint density at radius 2 is 2.25 bits per heavy atom. The fourth-order valence-electron chi connectivity index (χ4n) is 1.56. The number of amides is 1. The summed E-state index contributed by atoms with van der Waals surface area (Å²) in [5.41, 5.74) is 0.463. The van der Waals surface area contributed by atoms with E-state index in [4.69, 9.17) is 17.0 Å². The summed E-state index contributed by atoms with van der Waals surface area (Å²) in [5, 5.41) is 12.8. The van der Waals surface area contributed by atoms with Gasteiger partial charge in [-0.2, -0.15) is 0 Å². The minimum absolute atomic E-state index is 0.0272. The Labute approximate surface area is 142 Å². The molecular formula is C12H9Br2NO3S2. The van der Waals surface area contributed by atoms with Crippen LogP contribution >= 0.6 is 55.8 Å². The third-order valence-electron chi connectivity index (χ3n) is 2.41. The summed E-state index contributed by atoms with van der Waals surface area (Å²) in [7, 11) is 0. The maximum atomic E-state index is 11.7. The first-order valence-corrected chi connectivity index (χ1v) is 8.33. The summed E-state index contributed by atoms with van der Waals surface area (Å²) < 4.78 is 7.12. The number of rotatable bonds is 3. The average Bonchev–Trinajstić information content (AvgIpc) is 2.70. The van der Waals surface area contributed by atoms with Gasteiger partial charge in [-0.1, -0.05) is 24.0 Å². The lowest BCUT2D eigenvalue weighted by Crippen LogP contribution is -2.17. The molecule has 4 nitrogen and oxygen atoms in total. The fraction of sp³-hybridized carbons (Fsp3) is 0.167. The molecule has 1 amide bonds. The van der Waals surface area contributed by atoms with E-state index >= 15 is 0 Å². The van der Waals surface area contributed by atoms with Crippen molar-refractivity contribution < 1.29 is 14.6 Å². The predicted molar refractivity (Wildman–Crippen MR) is 91.0 cm³/mol. The molecule has 0 unspecified atom stereocenters. The van der Waals surface area contributed by atoms with E-state index < -0.39 is 0 Å². The summed E-state index contributed by atoms with van der Waals surface area (Å²) in [6, 6.07) is 1.66. The van der Waals surface area contributed by atoms with Gasteiger partial charge in [0.05, 0.1) is 11.5 Å². The Hall–Kier alpha value is -0.570. The summed E-state index contributed by atoms with van der Waals surface area (Å²) in [5.74, 6) is 0.0466. The van der Waals surface area contributed by atoms with Crippen LogP contribution in [-0.2, 0) is 4.79 Å². The van der Waals surface area contributed by atoms with Crippen LogP contribution in [0.4, 0.5) is 0 Å². The molecule has 0 atom stereocenters. The van der Waals surface area contributed by atoms with E-state index in [-0.39, 0.29) is 11.7 Å². The van der Waals surface area contributed by atoms with Crippen molar-refractivity contribution in [1.82, 2.24) is 5.32 Å². The fourth-order valence-corrected chi connectivity index (χ4v) is 3.43. The number of phenolic OH excluding ortho intramolecular Hbond substituents is 1. The van der Waals surface area contributed by atoms with Gasteiger partial charge in [-0.3, -0.25) is 4.79 Å². The molecule has 106 valence electrons. The number of hydrogen-bond acceptors (Lipinski definition) is 5. The minimum Gasteiger partial charge on any atom is -0.504 e. The van der Waals surface area contributed by atoms with Crippen LogP contribution in [0.25, 0.3) is 6.08 Å². The first kappa shape index (κ1) is 15.8. The van der Waals surface area contributed by atoms with Crippen molar-refractivity contribution in [3.8, 4) is 11.5 Å². The summed E-state index contributed by atoms with van der Waals surface area (Å²) in [6.07, 6.45) is 1.58. The van der Waals surface area contributed by atoms with Gasteiger partial charge < -0.3 is 15.2 Å². The predicted octanol–water partition coefficient (Wildman–Crippen LogP) is 3.80. The summed E-state index contributed by atoms with van der Waals surface area (Å²) in [6.45, 7) is 2.25. The molecule has 8 heteroatoms. The molecule has 2 rings (SSSR count). The number of aromatic hydroxyl groups is 1. The maximum absolute atomic E-state index is 11.7. The van der Waals surface area contributed by atoms with E-state index in [0.717, 1.165) is 16.2 Å². The zero-order chi connectivity index (χ0) is 14.9. The SMILES string of the molecule is CCOc1cc(Br)c(Br)c(C=C2SC(=S)NC2=O)c1O. The van der Waals surface area contributed by atoms with E-state index in [9.17, 15) is 9.90 Å². The second-order valence-corrected chi connectivity index (χ2v) is 7.08. The van der Waals surface area contributed by atoms with Crippen LogP contribution in [0.15, 0.2) is 19.9 Å². The van der Waals surface area contributed by atoms with Crippen LogP contribution in [0, 0.1) is 0 Å². The van der Waals surface area contributed by atoms with Gasteiger partial charge in [0.1, 0.15) is 4.32 Å². The van der Waals surface area contributed by atoms with Crippen LogP contribution in [0.3, 0.4) is 0 Å². The second kappa shape index (κ2) is 6.46. The Kier molecular flexibility index (Phi) is 5.11. The lowest BCUT2D eigenvalue weighted by Gasteiger charge is -2.11. The van der Waals surface area contributed by atoms with Gasteiger partial charge in [0.25, 0.3) is 5.91 Å². The zero-order valence-electron chi connectivity index (χ0n) is 10.2. The highest BCUT2D eigenvalue weighted by Gasteiger charge is 2.24. The monoisotopic (exact) mass is 437 g/mol. The molecule has 2 N–H and O–H groups in total. The largest absolute Gasteiger partial charge is 0.504 e. The lowest BCUT2D eigenvalue weighted by atomic mass is 10.1. The molecule has 1 aromatic carbocycles. The van der Waals surface area contributed by atoms with Gasteiger partial charge in [0.2, 0.25) is 0 Å². The summed E-state index contributed by atoms with van der Waals surface area (Å²) in [4.78, 5) is 12.1. The first-order chi connectivity index (χ1) is 9.43. The van der Waals surface area contributed by atoms with Crippen molar-refractivity contribution in [3.63, 3.8) is 0 Å². The number of phenols is 1. The molecule has 0 radical (unpaired) electrons. The molecule has 20 heavy (non-hydrogen) atoms. The molecule has 0 saturated carbocycles. The third kappa shape index (κ3) is 3.19. The average molecular weight is 439 g/mol. The molecule has 1 aromatic rings. The Bertz CT molecular complexity index is 632. The van der Waals surface area contributed by atoms with E-state index in [2.05, 4.69) is 37.2 Å². The highest BCUT2D eigenvalue weighted by Crippen LogP contribution is 2.42. The maximum Gasteiger partial charge on any atom is 0.263 e.